The Labute approximate surface area is 168 Å². The first kappa shape index (κ1) is 18.4. The summed E-state index contributed by atoms with van der Waals surface area (Å²) in [5.41, 5.74) is 2.64. The monoisotopic (exact) mass is 393 g/mol. The van der Waals surface area contributed by atoms with Gasteiger partial charge in [0.15, 0.2) is 0 Å². The number of aromatic nitrogens is 2. The first-order valence-corrected chi connectivity index (χ1v) is 10.3. The van der Waals surface area contributed by atoms with Crippen LogP contribution in [0.3, 0.4) is 0 Å². The van der Waals surface area contributed by atoms with E-state index in [0.717, 1.165) is 46.8 Å². The van der Waals surface area contributed by atoms with Gasteiger partial charge in [-0.1, -0.05) is 6.07 Å². The average Bonchev–Trinajstić information content (AvgIpc) is 3.37. The number of rotatable bonds is 6. The van der Waals surface area contributed by atoms with Gasteiger partial charge in [0.2, 0.25) is 11.9 Å². The molecule has 7 heteroatoms. The van der Waals surface area contributed by atoms with Crippen molar-refractivity contribution in [3.05, 3.63) is 58.4 Å². The Bertz CT molecular complexity index is 934. The molecule has 1 fully saturated rings. The van der Waals surface area contributed by atoms with Gasteiger partial charge in [-0.25, -0.2) is 4.98 Å². The minimum atomic E-state index is -0.00941. The lowest BCUT2D eigenvalue weighted by Gasteiger charge is -2.17. The molecule has 2 N–H and O–H groups in total. The summed E-state index contributed by atoms with van der Waals surface area (Å²) in [6.07, 6.45) is 2.79. The highest BCUT2D eigenvalue weighted by atomic mass is 32.1. The predicted octanol–water partition coefficient (Wildman–Crippen LogP) is 4.37. The SMILES string of the molecule is Cc1cc(Nc2ccc(NC(=O)Cc3cccs3)cc2)nc(N2CCCC2)n1. The molecule has 0 aliphatic carbocycles. The largest absolute Gasteiger partial charge is 0.341 e. The van der Waals surface area contributed by atoms with Gasteiger partial charge >= 0.3 is 0 Å². The molecule has 1 aliphatic rings. The molecular weight excluding hydrogens is 370 g/mol. The van der Waals surface area contributed by atoms with Crippen molar-refractivity contribution in [2.45, 2.75) is 26.2 Å². The minimum Gasteiger partial charge on any atom is -0.341 e. The number of hydrogen-bond donors (Lipinski definition) is 2. The number of carbonyl (C=O) groups is 1. The van der Waals surface area contributed by atoms with Crippen molar-refractivity contribution in [1.29, 1.82) is 0 Å². The Morgan fingerprint density at radius 1 is 1.11 bits per heavy atom. The quantitative estimate of drug-likeness (QED) is 0.651. The summed E-state index contributed by atoms with van der Waals surface area (Å²) in [6, 6.07) is 13.5. The number of benzene rings is 1. The molecular formula is C21H23N5OS. The summed E-state index contributed by atoms with van der Waals surface area (Å²) < 4.78 is 0. The normalized spacial score (nSPS) is 13.5. The number of amides is 1. The van der Waals surface area contributed by atoms with E-state index in [1.54, 1.807) is 11.3 Å². The first-order chi connectivity index (χ1) is 13.7. The summed E-state index contributed by atoms with van der Waals surface area (Å²) >= 11 is 1.59. The van der Waals surface area contributed by atoms with Gasteiger partial charge in [-0.2, -0.15) is 4.98 Å². The van der Waals surface area contributed by atoms with Crippen LogP contribution in [0.25, 0.3) is 0 Å². The van der Waals surface area contributed by atoms with E-state index in [9.17, 15) is 4.79 Å². The van der Waals surface area contributed by atoms with Gasteiger partial charge in [0.1, 0.15) is 5.82 Å². The highest BCUT2D eigenvalue weighted by Crippen LogP contribution is 2.22. The van der Waals surface area contributed by atoms with Crippen LogP contribution in [0.1, 0.15) is 23.4 Å². The average molecular weight is 394 g/mol. The second-order valence-corrected chi connectivity index (χ2v) is 7.93. The summed E-state index contributed by atoms with van der Waals surface area (Å²) in [5.74, 6) is 1.56. The molecule has 1 saturated heterocycles. The van der Waals surface area contributed by atoms with Gasteiger partial charge in [0.05, 0.1) is 6.42 Å². The molecule has 1 aromatic carbocycles. The van der Waals surface area contributed by atoms with E-state index in [2.05, 4.69) is 25.5 Å². The fourth-order valence-corrected chi connectivity index (χ4v) is 3.94. The highest BCUT2D eigenvalue weighted by molar-refractivity contribution is 7.10. The maximum Gasteiger partial charge on any atom is 0.229 e. The summed E-state index contributed by atoms with van der Waals surface area (Å²) in [5, 5.41) is 8.25. The van der Waals surface area contributed by atoms with Crippen molar-refractivity contribution in [3.8, 4) is 0 Å². The molecule has 28 heavy (non-hydrogen) atoms. The third-order valence-electron chi connectivity index (χ3n) is 4.59. The summed E-state index contributed by atoms with van der Waals surface area (Å²) in [7, 11) is 0. The van der Waals surface area contributed by atoms with E-state index in [0.29, 0.717) is 6.42 Å². The summed E-state index contributed by atoms with van der Waals surface area (Å²) in [4.78, 5) is 24.6. The Balaban J connectivity index is 1.39. The van der Waals surface area contributed by atoms with Crippen LogP contribution in [0, 0.1) is 6.92 Å². The van der Waals surface area contributed by atoms with Gasteiger partial charge in [0.25, 0.3) is 0 Å². The van der Waals surface area contributed by atoms with Crippen molar-refractivity contribution in [3.63, 3.8) is 0 Å². The van der Waals surface area contributed by atoms with Crippen molar-refractivity contribution in [2.75, 3.05) is 28.6 Å². The van der Waals surface area contributed by atoms with Crippen LogP contribution in [0.4, 0.5) is 23.1 Å². The van der Waals surface area contributed by atoms with E-state index in [1.165, 1.54) is 12.8 Å². The standard InChI is InChI=1S/C21H23N5OS/c1-15-13-19(25-21(22-15)26-10-2-3-11-26)23-16-6-8-17(9-7-16)24-20(27)14-18-5-4-12-28-18/h4-9,12-13H,2-3,10-11,14H2,1H3,(H,24,27)(H,22,23,25). The van der Waals surface area contributed by atoms with Crippen LogP contribution in [0.2, 0.25) is 0 Å². The van der Waals surface area contributed by atoms with Crippen LogP contribution in [-0.4, -0.2) is 29.0 Å². The van der Waals surface area contributed by atoms with Gasteiger partial charge in [0, 0.05) is 41.1 Å². The number of anilines is 4. The zero-order valence-electron chi connectivity index (χ0n) is 15.8. The van der Waals surface area contributed by atoms with Gasteiger partial charge in [-0.3, -0.25) is 4.79 Å². The van der Waals surface area contributed by atoms with Crippen molar-refractivity contribution in [2.24, 2.45) is 0 Å². The molecule has 1 amide bonds. The molecule has 0 spiro atoms. The van der Waals surface area contributed by atoms with E-state index >= 15 is 0 Å². The number of carbonyl (C=O) groups excluding carboxylic acids is 1. The fraction of sp³-hybridized carbons (Fsp3) is 0.286. The lowest BCUT2D eigenvalue weighted by molar-refractivity contribution is -0.115. The molecule has 0 unspecified atom stereocenters. The van der Waals surface area contributed by atoms with E-state index in [1.807, 2.05) is 54.8 Å². The number of aryl methyl sites for hydroxylation is 1. The number of hydrogen-bond acceptors (Lipinski definition) is 6. The maximum atomic E-state index is 12.1. The van der Waals surface area contributed by atoms with Gasteiger partial charge in [-0.05, 0) is 55.5 Å². The van der Waals surface area contributed by atoms with E-state index < -0.39 is 0 Å². The molecule has 4 rings (SSSR count). The van der Waals surface area contributed by atoms with Crippen molar-refractivity contribution < 1.29 is 4.79 Å². The molecule has 0 saturated carbocycles. The Morgan fingerprint density at radius 2 is 1.86 bits per heavy atom. The molecule has 2 aromatic heterocycles. The zero-order chi connectivity index (χ0) is 19.3. The molecule has 6 nitrogen and oxygen atoms in total. The van der Waals surface area contributed by atoms with Crippen LogP contribution in [0.5, 0.6) is 0 Å². The lowest BCUT2D eigenvalue weighted by Crippen LogP contribution is -2.21. The predicted molar refractivity (Wildman–Crippen MR) is 115 cm³/mol. The molecule has 0 atom stereocenters. The van der Waals surface area contributed by atoms with Crippen LogP contribution < -0.4 is 15.5 Å². The second kappa shape index (κ2) is 8.39. The molecule has 144 valence electrons. The molecule has 3 aromatic rings. The Kier molecular flexibility index (Phi) is 5.53. The van der Waals surface area contributed by atoms with E-state index in [4.69, 9.17) is 0 Å². The number of nitrogens with one attached hydrogen (secondary N) is 2. The lowest BCUT2D eigenvalue weighted by atomic mass is 10.2. The maximum absolute atomic E-state index is 12.1. The number of nitrogens with zero attached hydrogens (tertiary/aromatic N) is 3. The Hall–Kier alpha value is -2.93. The molecule has 0 radical (unpaired) electrons. The van der Waals surface area contributed by atoms with Crippen LogP contribution in [0.15, 0.2) is 47.8 Å². The van der Waals surface area contributed by atoms with Crippen molar-refractivity contribution in [1.82, 2.24) is 9.97 Å². The molecule has 3 heterocycles. The van der Waals surface area contributed by atoms with Gasteiger partial charge < -0.3 is 15.5 Å². The minimum absolute atomic E-state index is 0.00941. The Morgan fingerprint density at radius 3 is 2.57 bits per heavy atom. The van der Waals surface area contributed by atoms with Crippen molar-refractivity contribution >= 4 is 40.4 Å². The van der Waals surface area contributed by atoms with Crippen LogP contribution >= 0.6 is 11.3 Å². The fourth-order valence-electron chi connectivity index (χ4n) is 3.24. The van der Waals surface area contributed by atoms with Crippen LogP contribution in [-0.2, 0) is 11.2 Å². The zero-order valence-corrected chi connectivity index (χ0v) is 16.6. The highest BCUT2D eigenvalue weighted by Gasteiger charge is 2.16. The third kappa shape index (κ3) is 4.67. The second-order valence-electron chi connectivity index (χ2n) is 6.90. The first-order valence-electron chi connectivity index (χ1n) is 9.46. The molecule has 0 bridgehead atoms. The topological polar surface area (TPSA) is 70.2 Å². The smallest absolute Gasteiger partial charge is 0.229 e. The third-order valence-corrected chi connectivity index (χ3v) is 5.46. The van der Waals surface area contributed by atoms with Gasteiger partial charge in [-0.15, -0.1) is 11.3 Å². The van der Waals surface area contributed by atoms with E-state index in [-0.39, 0.29) is 5.91 Å². The molecule has 1 aliphatic heterocycles. The summed E-state index contributed by atoms with van der Waals surface area (Å²) in [6.45, 7) is 4.02. The number of thiophene rings is 1.